The third-order valence-corrected chi connectivity index (χ3v) is 2.60. The van der Waals surface area contributed by atoms with Crippen molar-refractivity contribution in [1.29, 1.82) is 0 Å². The van der Waals surface area contributed by atoms with Gasteiger partial charge in [-0.05, 0) is 6.07 Å². The van der Waals surface area contributed by atoms with E-state index in [1.807, 2.05) is 0 Å². The van der Waals surface area contributed by atoms with Gasteiger partial charge in [0, 0.05) is 31.5 Å². The van der Waals surface area contributed by atoms with Gasteiger partial charge < -0.3 is 20.1 Å². The first kappa shape index (κ1) is 20.8. The number of methoxy groups -OCH3 is 2. The number of ether oxygens (including phenoxy) is 2. The van der Waals surface area contributed by atoms with Crippen molar-refractivity contribution < 1.29 is 24.0 Å². The highest BCUT2D eigenvalue weighted by atomic mass is 35.5. The standard InChI is InChI=1S/C13H17N3O6.ClH/c1-21-4-3-14-8-12(17)15-10-5-9(13(18)22-2)6-11(7-10)16(19)20;/h5-7,14H,3-4,8H2,1-2H3,(H,15,17);1H. The van der Waals surface area contributed by atoms with Crippen LogP contribution in [0.3, 0.4) is 0 Å². The minimum Gasteiger partial charge on any atom is -0.465 e. The fraction of sp³-hybridized carbons (Fsp3) is 0.385. The number of anilines is 1. The molecule has 23 heavy (non-hydrogen) atoms. The maximum absolute atomic E-state index is 11.7. The van der Waals surface area contributed by atoms with Gasteiger partial charge in [-0.3, -0.25) is 14.9 Å². The Labute approximate surface area is 138 Å². The van der Waals surface area contributed by atoms with E-state index >= 15 is 0 Å². The molecule has 9 nitrogen and oxygen atoms in total. The lowest BCUT2D eigenvalue weighted by molar-refractivity contribution is -0.384. The van der Waals surface area contributed by atoms with Crippen LogP contribution in [0.5, 0.6) is 0 Å². The van der Waals surface area contributed by atoms with Crippen molar-refractivity contribution >= 4 is 35.7 Å². The summed E-state index contributed by atoms with van der Waals surface area (Å²) >= 11 is 0. The SMILES string of the molecule is COCCNCC(=O)Nc1cc(C(=O)OC)cc([N+](=O)[O-])c1.Cl. The van der Waals surface area contributed by atoms with E-state index in [0.717, 1.165) is 6.07 Å². The molecule has 10 heteroatoms. The number of hydrogen-bond donors (Lipinski definition) is 2. The maximum atomic E-state index is 11.7. The van der Waals surface area contributed by atoms with Gasteiger partial charge in [0.25, 0.3) is 5.69 Å². The number of hydrogen-bond acceptors (Lipinski definition) is 7. The van der Waals surface area contributed by atoms with Gasteiger partial charge >= 0.3 is 5.97 Å². The van der Waals surface area contributed by atoms with Gasteiger partial charge in [-0.1, -0.05) is 0 Å². The Morgan fingerprint density at radius 3 is 2.52 bits per heavy atom. The molecule has 0 saturated heterocycles. The number of nitro groups is 1. The van der Waals surface area contributed by atoms with E-state index in [1.54, 1.807) is 7.11 Å². The molecule has 0 aromatic heterocycles. The topological polar surface area (TPSA) is 120 Å². The highest BCUT2D eigenvalue weighted by molar-refractivity contribution is 5.96. The van der Waals surface area contributed by atoms with Crippen LogP contribution >= 0.6 is 12.4 Å². The zero-order valence-corrected chi connectivity index (χ0v) is 13.5. The van der Waals surface area contributed by atoms with E-state index in [1.165, 1.54) is 19.2 Å². The molecule has 0 spiro atoms. The molecule has 1 rings (SSSR count). The predicted octanol–water partition coefficient (Wildman–Crippen LogP) is 0.978. The molecule has 128 valence electrons. The largest absolute Gasteiger partial charge is 0.465 e. The second kappa shape index (κ2) is 10.5. The minimum atomic E-state index is -0.725. The fourth-order valence-electron chi connectivity index (χ4n) is 1.61. The number of carbonyl (C=O) groups excluding carboxylic acids is 2. The second-order valence-corrected chi connectivity index (χ2v) is 4.24. The zero-order valence-electron chi connectivity index (χ0n) is 12.7. The van der Waals surface area contributed by atoms with Gasteiger partial charge in [0.1, 0.15) is 0 Å². The summed E-state index contributed by atoms with van der Waals surface area (Å²) in [6.45, 7) is 0.961. The number of nitrogens with zero attached hydrogens (tertiary/aromatic N) is 1. The Morgan fingerprint density at radius 1 is 1.26 bits per heavy atom. The van der Waals surface area contributed by atoms with Crippen LogP contribution in [0.2, 0.25) is 0 Å². The third kappa shape index (κ3) is 7.04. The van der Waals surface area contributed by atoms with Gasteiger partial charge in [0.15, 0.2) is 0 Å². The highest BCUT2D eigenvalue weighted by Crippen LogP contribution is 2.21. The molecule has 1 aromatic rings. The van der Waals surface area contributed by atoms with E-state index in [4.69, 9.17) is 4.74 Å². The predicted molar refractivity (Wildman–Crippen MR) is 85.1 cm³/mol. The van der Waals surface area contributed by atoms with Crippen LogP contribution in [0.4, 0.5) is 11.4 Å². The number of rotatable bonds is 8. The summed E-state index contributed by atoms with van der Waals surface area (Å²) in [5.74, 6) is -1.12. The molecule has 0 aliphatic carbocycles. The molecule has 0 aliphatic rings. The van der Waals surface area contributed by atoms with E-state index in [0.29, 0.717) is 13.2 Å². The first-order valence-corrected chi connectivity index (χ1v) is 6.35. The summed E-state index contributed by atoms with van der Waals surface area (Å²) in [6.07, 6.45) is 0. The number of nitro benzene ring substituents is 1. The molecule has 0 radical (unpaired) electrons. The number of halogens is 1. The van der Waals surface area contributed by atoms with Crippen LogP contribution in [0.1, 0.15) is 10.4 Å². The normalized spacial score (nSPS) is 9.65. The van der Waals surface area contributed by atoms with Crippen LogP contribution in [0, 0.1) is 10.1 Å². The Morgan fingerprint density at radius 2 is 1.96 bits per heavy atom. The molecule has 0 unspecified atom stereocenters. The number of benzene rings is 1. The average molecular weight is 348 g/mol. The molecule has 1 aromatic carbocycles. The van der Waals surface area contributed by atoms with Crippen molar-refractivity contribution in [3.63, 3.8) is 0 Å². The van der Waals surface area contributed by atoms with E-state index < -0.39 is 16.8 Å². The molecule has 1 amide bonds. The van der Waals surface area contributed by atoms with Gasteiger partial charge in [0.05, 0.1) is 30.7 Å². The Hall–Kier alpha value is -2.23. The fourth-order valence-corrected chi connectivity index (χ4v) is 1.61. The first-order valence-electron chi connectivity index (χ1n) is 6.35. The zero-order chi connectivity index (χ0) is 16.5. The number of nitrogens with one attached hydrogen (secondary N) is 2. The molecular weight excluding hydrogens is 330 g/mol. The molecular formula is C13H18ClN3O6. The molecule has 0 heterocycles. The van der Waals surface area contributed by atoms with Crippen LogP contribution < -0.4 is 10.6 Å². The molecule has 0 fully saturated rings. The summed E-state index contributed by atoms with van der Waals surface area (Å²) in [7, 11) is 2.71. The highest BCUT2D eigenvalue weighted by Gasteiger charge is 2.16. The van der Waals surface area contributed by atoms with Crippen molar-refractivity contribution in [3.8, 4) is 0 Å². The van der Waals surface area contributed by atoms with Crippen molar-refractivity contribution in [2.45, 2.75) is 0 Å². The van der Waals surface area contributed by atoms with E-state index in [9.17, 15) is 19.7 Å². The molecule has 0 aliphatic heterocycles. The maximum Gasteiger partial charge on any atom is 0.338 e. The first-order chi connectivity index (χ1) is 10.5. The molecule has 0 saturated carbocycles. The quantitative estimate of drug-likeness (QED) is 0.311. The molecule has 2 N–H and O–H groups in total. The summed E-state index contributed by atoms with van der Waals surface area (Å²) in [5, 5.41) is 16.2. The summed E-state index contributed by atoms with van der Waals surface area (Å²) in [4.78, 5) is 33.4. The van der Waals surface area contributed by atoms with E-state index in [-0.39, 0.29) is 35.9 Å². The summed E-state index contributed by atoms with van der Waals surface area (Å²) in [6, 6.07) is 3.56. The van der Waals surface area contributed by atoms with Gasteiger partial charge in [0.2, 0.25) is 5.91 Å². The van der Waals surface area contributed by atoms with E-state index in [2.05, 4.69) is 15.4 Å². The Kier molecular flexibility index (Phi) is 9.47. The van der Waals surface area contributed by atoms with Crippen LogP contribution in [-0.2, 0) is 14.3 Å². The lowest BCUT2D eigenvalue weighted by Gasteiger charge is -2.08. The number of carbonyl (C=O) groups is 2. The minimum absolute atomic E-state index is 0. The number of esters is 1. The van der Waals surface area contributed by atoms with Crippen LogP contribution in [0.25, 0.3) is 0 Å². The van der Waals surface area contributed by atoms with Gasteiger partial charge in [-0.25, -0.2) is 4.79 Å². The van der Waals surface area contributed by atoms with Crippen LogP contribution in [0.15, 0.2) is 18.2 Å². The van der Waals surface area contributed by atoms with Crippen molar-refractivity contribution in [2.24, 2.45) is 0 Å². The summed E-state index contributed by atoms with van der Waals surface area (Å²) < 4.78 is 9.34. The number of amides is 1. The van der Waals surface area contributed by atoms with Gasteiger partial charge in [-0.2, -0.15) is 0 Å². The van der Waals surface area contributed by atoms with Crippen molar-refractivity contribution in [1.82, 2.24) is 5.32 Å². The lowest BCUT2D eigenvalue weighted by atomic mass is 10.1. The Bertz CT molecular complexity index is 567. The van der Waals surface area contributed by atoms with Gasteiger partial charge in [-0.15, -0.1) is 12.4 Å². The lowest BCUT2D eigenvalue weighted by Crippen LogP contribution is -2.30. The molecule has 0 bridgehead atoms. The second-order valence-electron chi connectivity index (χ2n) is 4.24. The summed E-state index contributed by atoms with van der Waals surface area (Å²) in [5.41, 5.74) is -0.182. The van der Waals surface area contributed by atoms with Crippen molar-refractivity contribution in [3.05, 3.63) is 33.9 Å². The smallest absolute Gasteiger partial charge is 0.338 e. The van der Waals surface area contributed by atoms with Crippen molar-refractivity contribution in [2.75, 3.05) is 39.2 Å². The Balaban J connectivity index is 0.00000484. The molecule has 0 atom stereocenters. The third-order valence-electron chi connectivity index (χ3n) is 2.60. The van der Waals surface area contributed by atoms with Crippen LogP contribution in [-0.4, -0.2) is 50.7 Å². The monoisotopic (exact) mass is 347 g/mol. The number of non-ortho nitro benzene ring substituents is 1. The average Bonchev–Trinajstić information content (AvgIpc) is 2.50.